The Morgan fingerprint density at radius 1 is 1.04 bits per heavy atom. The number of nitrogens with zero attached hydrogens (tertiary/aromatic N) is 3. The number of hydrogen-bond acceptors (Lipinski definition) is 6. The predicted octanol–water partition coefficient (Wildman–Crippen LogP) is 3.42. The van der Waals surface area contributed by atoms with Gasteiger partial charge in [0.2, 0.25) is 0 Å². The van der Waals surface area contributed by atoms with Crippen LogP contribution in [0, 0.1) is 0 Å². The van der Waals surface area contributed by atoms with Gasteiger partial charge in [0, 0.05) is 36.1 Å². The number of ether oxygens (including phenoxy) is 2. The molecule has 0 aliphatic heterocycles. The fourth-order valence-corrected chi connectivity index (χ4v) is 2.70. The molecule has 0 spiro atoms. The molecule has 0 aliphatic rings. The molecular formula is C19H20N4O2. The molecule has 0 amide bonds. The Hall–Kier alpha value is -3.12. The van der Waals surface area contributed by atoms with E-state index in [-0.39, 0.29) is 0 Å². The Labute approximate surface area is 146 Å². The zero-order valence-corrected chi connectivity index (χ0v) is 14.2. The van der Waals surface area contributed by atoms with Crippen LogP contribution in [0.25, 0.3) is 0 Å². The van der Waals surface area contributed by atoms with Crippen LogP contribution < -0.4 is 20.1 Å². The number of methoxy groups -OCH3 is 2. The van der Waals surface area contributed by atoms with Gasteiger partial charge in [0.25, 0.3) is 0 Å². The molecule has 0 aliphatic carbocycles. The minimum atomic E-state index is 0.316. The zero-order chi connectivity index (χ0) is 17.6. The molecule has 2 N–H and O–H groups in total. The molecule has 128 valence electrons. The molecule has 0 unspecified atom stereocenters. The quantitative estimate of drug-likeness (QED) is 0.743. The minimum absolute atomic E-state index is 0.316. The molecule has 3 rings (SSSR count). The fraction of sp³-hybridized carbons (Fsp3) is 0.158. The van der Waals surface area contributed by atoms with E-state index >= 15 is 0 Å². The Balaban J connectivity index is 2.27. The van der Waals surface area contributed by atoms with Crippen molar-refractivity contribution in [2.24, 2.45) is 5.73 Å². The maximum Gasteiger partial charge on any atom is 0.140 e. The number of rotatable bonds is 6. The average Bonchev–Trinajstić information content (AvgIpc) is 2.69. The van der Waals surface area contributed by atoms with Crippen molar-refractivity contribution >= 4 is 17.2 Å². The van der Waals surface area contributed by atoms with Gasteiger partial charge in [-0.05, 0) is 18.2 Å². The van der Waals surface area contributed by atoms with Crippen LogP contribution in [0.15, 0.2) is 61.1 Å². The normalized spacial score (nSPS) is 10.4. The van der Waals surface area contributed by atoms with Gasteiger partial charge in [0.05, 0.1) is 19.9 Å². The molecule has 3 aromatic rings. The van der Waals surface area contributed by atoms with Crippen molar-refractivity contribution in [3.8, 4) is 11.5 Å². The van der Waals surface area contributed by atoms with Crippen LogP contribution in [0.1, 0.15) is 5.56 Å². The summed E-state index contributed by atoms with van der Waals surface area (Å²) in [6.45, 7) is 0.316. The molecule has 0 bridgehead atoms. The smallest absolute Gasteiger partial charge is 0.140 e. The van der Waals surface area contributed by atoms with E-state index in [0.29, 0.717) is 18.0 Å². The van der Waals surface area contributed by atoms with E-state index in [0.717, 1.165) is 22.8 Å². The number of anilines is 3. The van der Waals surface area contributed by atoms with Crippen LogP contribution in [0.2, 0.25) is 0 Å². The minimum Gasteiger partial charge on any atom is -0.497 e. The lowest BCUT2D eigenvalue weighted by atomic mass is 10.1. The highest BCUT2D eigenvalue weighted by molar-refractivity contribution is 5.79. The lowest BCUT2D eigenvalue weighted by Crippen LogP contribution is -2.16. The highest BCUT2D eigenvalue weighted by Crippen LogP contribution is 2.41. The van der Waals surface area contributed by atoms with Crippen LogP contribution in [0.5, 0.6) is 11.5 Å². The van der Waals surface area contributed by atoms with E-state index in [4.69, 9.17) is 15.2 Å². The van der Waals surface area contributed by atoms with Gasteiger partial charge in [-0.2, -0.15) is 0 Å². The molecule has 0 saturated heterocycles. The van der Waals surface area contributed by atoms with Crippen LogP contribution >= 0.6 is 0 Å². The van der Waals surface area contributed by atoms with Crippen molar-refractivity contribution in [3.05, 3.63) is 66.6 Å². The van der Waals surface area contributed by atoms with E-state index in [1.54, 1.807) is 20.4 Å². The number of nitrogens with two attached hydrogens (primary N) is 1. The molecule has 6 nitrogen and oxygen atoms in total. The van der Waals surface area contributed by atoms with E-state index in [1.807, 2.05) is 53.4 Å². The second-order valence-electron chi connectivity index (χ2n) is 5.27. The summed E-state index contributed by atoms with van der Waals surface area (Å²) in [5.41, 5.74) is 8.70. The molecule has 25 heavy (non-hydrogen) atoms. The second kappa shape index (κ2) is 7.63. The summed E-state index contributed by atoms with van der Waals surface area (Å²) < 4.78 is 11.0. The summed E-state index contributed by atoms with van der Waals surface area (Å²) in [5.74, 6) is 2.08. The first-order valence-electron chi connectivity index (χ1n) is 7.84. The van der Waals surface area contributed by atoms with E-state index in [9.17, 15) is 0 Å². The predicted molar refractivity (Wildman–Crippen MR) is 97.7 cm³/mol. The third kappa shape index (κ3) is 3.39. The molecule has 0 fully saturated rings. The lowest BCUT2D eigenvalue weighted by molar-refractivity contribution is 0.391. The first kappa shape index (κ1) is 16.7. The fourth-order valence-electron chi connectivity index (χ4n) is 2.70. The van der Waals surface area contributed by atoms with Gasteiger partial charge in [0.1, 0.15) is 23.6 Å². The topological polar surface area (TPSA) is 73.5 Å². The number of aromatic nitrogens is 2. The molecule has 1 heterocycles. The van der Waals surface area contributed by atoms with E-state index in [2.05, 4.69) is 9.97 Å². The lowest BCUT2D eigenvalue weighted by Gasteiger charge is -2.27. The molecule has 0 saturated carbocycles. The van der Waals surface area contributed by atoms with Gasteiger partial charge < -0.3 is 15.2 Å². The first-order valence-corrected chi connectivity index (χ1v) is 7.84. The average molecular weight is 336 g/mol. The highest BCUT2D eigenvalue weighted by Gasteiger charge is 2.20. The molecule has 0 atom stereocenters. The SMILES string of the molecule is COc1cc(OC)c(CN)c(N(c2ccccc2)c2ccncn2)c1. The van der Waals surface area contributed by atoms with Crippen LogP contribution in [-0.2, 0) is 6.54 Å². The van der Waals surface area contributed by atoms with Crippen molar-refractivity contribution in [1.29, 1.82) is 0 Å². The Bertz CT molecular complexity index is 786. The highest BCUT2D eigenvalue weighted by atomic mass is 16.5. The van der Waals surface area contributed by atoms with Gasteiger partial charge in [-0.25, -0.2) is 9.97 Å². The van der Waals surface area contributed by atoms with Gasteiger partial charge >= 0.3 is 0 Å². The Kier molecular flexibility index (Phi) is 5.11. The van der Waals surface area contributed by atoms with Gasteiger partial charge in [-0.1, -0.05) is 18.2 Å². The molecule has 1 aromatic heterocycles. The zero-order valence-electron chi connectivity index (χ0n) is 14.2. The third-order valence-corrected chi connectivity index (χ3v) is 3.87. The van der Waals surface area contributed by atoms with Crippen LogP contribution in [0.4, 0.5) is 17.2 Å². The van der Waals surface area contributed by atoms with Crippen molar-refractivity contribution < 1.29 is 9.47 Å². The van der Waals surface area contributed by atoms with Crippen LogP contribution in [0.3, 0.4) is 0 Å². The molecule has 0 radical (unpaired) electrons. The van der Waals surface area contributed by atoms with Crippen molar-refractivity contribution in [1.82, 2.24) is 9.97 Å². The Morgan fingerprint density at radius 2 is 1.84 bits per heavy atom. The second-order valence-corrected chi connectivity index (χ2v) is 5.27. The summed E-state index contributed by atoms with van der Waals surface area (Å²) >= 11 is 0. The van der Waals surface area contributed by atoms with Crippen molar-refractivity contribution in [2.75, 3.05) is 19.1 Å². The summed E-state index contributed by atoms with van der Waals surface area (Å²) in [6, 6.07) is 15.5. The van der Waals surface area contributed by atoms with Crippen molar-refractivity contribution in [2.45, 2.75) is 6.54 Å². The van der Waals surface area contributed by atoms with Gasteiger partial charge in [0.15, 0.2) is 0 Å². The van der Waals surface area contributed by atoms with Gasteiger partial charge in [-0.3, -0.25) is 4.90 Å². The maximum atomic E-state index is 6.03. The largest absolute Gasteiger partial charge is 0.497 e. The molecule has 6 heteroatoms. The Morgan fingerprint density at radius 3 is 2.44 bits per heavy atom. The molecule has 2 aromatic carbocycles. The van der Waals surface area contributed by atoms with E-state index in [1.165, 1.54) is 6.33 Å². The summed E-state index contributed by atoms with van der Waals surface area (Å²) in [6.07, 6.45) is 3.22. The summed E-state index contributed by atoms with van der Waals surface area (Å²) in [5, 5.41) is 0. The molecular weight excluding hydrogens is 316 g/mol. The summed E-state index contributed by atoms with van der Waals surface area (Å²) in [7, 11) is 3.24. The van der Waals surface area contributed by atoms with Crippen molar-refractivity contribution in [3.63, 3.8) is 0 Å². The van der Waals surface area contributed by atoms with Crippen LogP contribution in [-0.4, -0.2) is 24.2 Å². The third-order valence-electron chi connectivity index (χ3n) is 3.87. The maximum absolute atomic E-state index is 6.03. The number of benzene rings is 2. The van der Waals surface area contributed by atoms with Gasteiger partial charge in [-0.15, -0.1) is 0 Å². The number of hydrogen-bond donors (Lipinski definition) is 1. The standard InChI is InChI=1S/C19H20N4O2/c1-24-15-10-17(16(12-20)18(11-15)25-2)23(14-6-4-3-5-7-14)19-8-9-21-13-22-19/h3-11,13H,12,20H2,1-2H3. The van der Waals surface area contributed by atoms with E-state index < -0.39 is 0 Å². The monoisotopic (exact) mass is 336 g/mol. The summed E-state index contributed by atoms with van der Waals surface area (Å²) in [4.78, 5) is 10.4. The number of para-hydroxylation sites is 1. The first-order chi connectivity index (χ1) is 12.3.